The molecule has 0 saturated carbocycles. The average Bonchev–Trinajstić information content (AvgIpc) is 2.95. The lowest BCUT2D eigenvalue weighted by Crippen LogP contribution is -2.34. The van der Waals surface area contributed by atoms with Crippen LogP contribution in [0.3, 0.4) is 0 Å². The summed E-state index contributed by atoms with van der Waals surface area (Å²) in [7, 11) is -1.20. The highest BCUT2D eigenvalue weighted by molar-refractivity contribution is 7.91. The van der Waals surface area contributed by atoms with Gasteiger partial charge in [-0.05, 0) is 30.7 Å². The fourth-order valence-corrected chi connectivity index (χ4v) is 4.30. The van der Waals surface area contributed by atoms with E-state index in [0.717, 1.165) is 5.69 Å². The third-order valence-corrected chi connectivity index (χ3v) is 5.66. The van der Waals surface area contributed by atoms with E-state index in [1.807, 2.05) is 0 Å². The van der Waals surface area contributed by atoms with Gasteiger partial charge in [-0.15, -0.1) is 5.10 Å². The molecule has 0 radical (unpaired) electrons. The van der Waals surface area contributed by atoms with Gasteiger partial charge in [-0.2, -0.15) is 15.3 Å². The van der Waals surface area contributed by atoms with Crippen molar-refractivity contribution < 1.29 is 8.42 Å². The van der Waals surface area contributed by atoms with Crippen molar-refractivity contribution in [2.24, 2.45) is 0 Å². The Hall–Kier alpha value is -2.73. The highest BCUT2D eigenvalue weighted by Gasteiger charge is 2.31. The third-order valence-electron chi connectivity index (χ3n) is 3.91. The van der Waals surface area contributed by atoms with Gasteiger partial charge in [0.15, 0.2) is 15.7 Å². The van der Waals surface area contributed by atoms with Gasteiger partial charge in [-0.1, -0.05) is 0 Å². The van der Waals surface area contributed by atoms with Gasteiger partial charge in [0.25, 0.3) is 0 Å². The maximum Gasteiger partial charge on any atom is 0.247 e. The minimum absolute atomic E-state index is 0.111. The van der Waals surface area contributed by atoms with Gasteiger partial charge in [-0.3, -0.25) is 0 Å². The lowest BCUT2D eigenvalue weighted by Gasteiger charge is -2.22. The first-order valence-electron chi connectivity index (χ1n) is 7.37. The van der Waals surface area contributed by atoms with Crippen molar-refractivity contribution >= 4 is 27.3 Å². The largest absolute Gasteiger partial charge is 0.339 e. The van der Waals surface area contributed by atoms with E-state index in [-0.39, 0.29) is 17.5 Å². The van der Waals surface area contributed by atoms with E-state index in [9.17, 15) is 8.42 Å². The number of aromatic nitrogens is 3. The summed E-state index contributed by atoms with van der Waals surface area (Å²) in [6.45, 7) is 0. The summed E-state index contributed by atoms with van der Waals surface area (Å²) in [5, 5.41) is 19.8. The van der Waals surface area contributed by atoms with Gasteiger partial charge < -0.3 is 10.2 Å². The lowest BCUT2D eigenvalue weighted by molar-refractivity contribution is 0.600. The van der Waals surface area contributed by atoms with E-state index in [4.69, 9.17) is 5.26 Å². The first-order chi connectivity index (χ1) is 11.5. The van der Waals surface area contributed by atoms with Crippen LogP contribution in [0.5, 0.6) is 0 Å². The highest BCUT2D eigenvalue weighted by atomic mass is 32.2. The molecule has 0 amide bonds. The summed E-state index contributed by atoms with van der Waals surface area (Å²) in [6.07, 6.45) is 2.05. The van der Waals surface area contributed by atoms with E-state index in [1.54, 1.807) is 36.2 Å². The quantitative estimate of drug-likeness (QED) is 0.878. The summed E-state index contributed by atoms with van der Waals surface area (Å²) in [5.74, 6) is 1.17. The minimum atomic E-state index is -2.97. The Morgan fingerprint density at radius 3 is 2.71 bits per heavy atom. The predicted octanol–water partition coefficient (Wildman–Crippen LogP) is 1.11. The van der Waals surface area contributed by atoms with E-state index >= 15 is 0 Å². The molecule has 1 unspecified atom stereocenters. The molecule has 1 fully saturated rings. The number of nitriles is 1. The standard InChI is InChI=1S/C15H16N6O2S/c1-21(13-6-7-24(22,23)10-13)15-19-14(9-17-20-15)18-12-4-2-11(8-16)3-5-12/h2-5,9,13H,6-7,10H2,1H3,(H,18,19,20). The van der Waals surface area contributed by atoms with Gasteiger partial charge in [-0.25, -0.2) is 8.42 Å². The summed E-state index contributed by atoms with van der Waals surface area (Å²) < 4.78 is 23.2. The van der Waals surface area contributed by atoms with E-state index in [1.165, 1.54) is 6.20 Å². The number of rotatable bonds is 4. The molecule has 1 aliphatic rings. The third kappa shape index (κ3) is 3.60. The maximum absolute atomic E-state index is 11.6. The Morgan fingerprint density at radius 2 is 2.08 bits per heavy atom. The molecule has 2 aromatic rings. The average molecular weight is 344 g/mol. The number of sulfone groups is 1. The van der Waals surface area contributed by atoms with Crippen molar-refractivity contribution in [3.05, 3.63) is 36.0 Å². The monoisotopic (exact) mass is 344 g/mol. The predicted molar refractivity (Wildman–Crippen MR) is 89.7 cm³/mol. The Bertz CT molecular complexity index is 876. The Balaban J connectivity index is 1.75. The Morgan fingerprint density at radius 1 is 1.33 bits per heavy atom. The number of hydrogen-bond acceptors (Lipinski definition) is 8. The van der Waals surface area contributed by atoms with Gasteiger partial charge in [0.1, 0.15) is 0 Å². The first kappa shape index (κ1) is 16.1. The summed E-state index contributed by atoms with van der Waals surface area (Å²) in [4.78, 5) is 6.14. The molecular weight excluding hydrogens is 328 g/mol. The van der Waals surface area contributed by atoms with Crippen LogP contribution in [0.1, 0.15) is 12.0 Å². The molecule has 9 heteroatoms. The van der Waals surface area contributed by atoms with Crippen LogP contribution in [0, 0.1) is 11.3 Å². The number of anilines is 3. The van der Waals surface area contributed by atoms with Crippen LogP contribution < -0.4 is 10.2 Å². The normalized spacial score (nSPS) is 18.8. The van der Waals surface area contributed by atoms with Crippen molar-refractivity contribution in [1.82, 2.24) is 15.2 Å². The molecule has 1 aromatic carbocycles. The summed E-state index contributed by atoms with van der Waals surface area (Å²) in [6, 6.07) is 8.87. The van der Waals surface area contributed by atoms with Crippen molar-refractivity contribution in [1.29, 1.82) is 5.26 Å². The number of hydrogen-bond donors (Lipinski definition) is 1. The van der Waals surface area contributed by atoms with Crippen molar-refractivity contribution in [3.63, 3.8) is 0 Å². The fourth-order valence-electron chi connectivity index (χ4n) is 2.52. The van der Waals surface area contributed by atoms with Gasteiger partial charge >= 0.3 is 0 Å². The molecule has 0 spiro atoms. The van der Waals surface area contributed by atoms with Crippen molar-refractivity contribution in [2.75, 3.05) is 28.8 Å². The molecule has 0 bridgehead atoms. The van der Waals surface area contributed by atoms with Gasteiger partial charge in [0, 0.05) is 18.8 Å². The van der Waals surface area contributed by atoms with Crippen LogP contribution in [0.15, 0.2) is 30.5 Å². The molecular formula is C15H16N6O2S. The SMILES string of the molecule is CN(c1nncc(Nc2ccc(C#N)cc2)n1)C1CCS(=O)(=O)C1. The molecule has 1 N–H and O–H groups in total. The number of nitrogens with one attached hydrogen (secondary N) is 1. The van der Waals surface area contributed by atoms with Crippen LogP contribution in [0.2, 0.25) is 0 Å². The van der Waals surface area contributed by atoms with Crippen LogP contribution in [-0.4, -0.2) is 48.2 Å². The van der Waals surface area contributed by atoms with E-state index in [2.05, 4.69) is 26.6 Å². The van der Waals surface area contributed by atoms with Gasteiger partial charge in [0.2, 0.25) is 5.95 Å². The van der Waals surface area contributed by atoms with Crippen LogP contribution in [-0.2, 0) is 9.84 Å². The molecule has 0 aliphatic carbocycles. The molecule has 1 aromatic heterocycles. The van der Waals surface area contributed by atoms with E-state index in [0.29, 0.717) is 23.8 Å². The Labute approximate surface area is 140 Å². The van der Waals surface area contributed by atoms with E-state index < -0.39 is 9.84 Å². The molecule has 3 rings (SSSR count). The summed E-state index contributed by atoms with van der Waals surface area (Å²) >= 11 is 0. The van der Waals surface area contributed by atoms with Gasteiger partial charge in [0.05, 0.1) is 29.3 Å². The van der Waals surface area contributed by atoms with Crippen LogP contribution in [0.25, 0.3) is 0 Å². The van der Waals surface area contributed by atoms with Crippen molar-refractivity contribution in [3.8, 4) is 6.07 Å². The molecule has 124 valence electrons. The zero-order valence-corrected chi connectivity index (χ0v) is 13.9. The van der Waals surface area contributed by atoms with Crippen LogP contribution in [0.4, 0.5) is 17.5 Å². The highest BCUT2D eigenvalue weighted by Crippen LogP contribution is 2.21. The first-order valence-corrected chi connectivity index (χ1v) is 9.19. The number of nitrogens with zero attached hydrogens (tertiary/aromatic N) is 5. The molecule has 1 atom stereocenters. The van der Waals surface area contributed by atoms with Crippen molar-refractivity contribution in [2.45, 2.75) is 12.5 Å². The molecule has 24 heavy (non-hydrogen) atoms. The second kappa shape index (κ2) is 6.41. The fraction of sp³-hybridized carbons (Fsp3) is 0.333. The molecule has 2 heterocycles. The summed E-state index contributed by atoms with van der Waals surface area (Å²) in [5.41, 5.74) is 1.34. The maximum atomic E-state index is 11.6. The smallest absolute Gasteiger partial charge is 0.247 e. The molecule has 1 saturated heterocycles. The zero-order chi connectivity index (χ0) is 17.2. The molecule has 1 aliphatic heterocycles. The lowest BCUT2D eigenvalue weighted by atomic mass is 10.2. The number of benzene rings is 1. The Kier molecular flexibility index (Phi) is 4.31. The zero-order valence-electron chi connectivity index (χ0n) is 13.0. The second-order valence-electron chi connectivity index (χ2n) is 5.62. The minimum Gasteiger partial charge on any atom is -0.339 e. The second-order valence-corrected chi connectivity index (χ2v) is 7.85. The van der Waals surface area contributed by atoms with Crippen LogP contribution >= 0.6 is 0 Å². The topological polar surface area (TPSA) is 112 Å². The molecule has 8 nitrogen and oxygen atoms in total.